The van der Waals surface area contributed by atoms with Crippen LogP contribution in [-0.4, -0.2) is 63.9 Å². The Morgan fingerprint density at radius 3 is 2.72 bits per heavy atom. The Morgan fingerprint density at radius 1 is 1.09 bits per heavy atom. The normalized spacial score (nSPS) is 18.7. The van der Waals surface area contributed by atoms with Crippen molar-refractivity contribution in [3.63, 3.8) is 0 Å². The van der Waals surface area contributed by atoms with Crippen LogP contribution >= 0.6 is 11.8 Å². The molecule has 3 aliphatic rings. The lowest BCUT2D eigenvalue weighted by Gasteiger charge is -2.25. The zero-order valence-electron chi connectivity index (χ0n) is 17.3. The van der Waals surface area contributed by atoms with Crippen LogP contribution in [0.15, 0.2) is 36.2 Å². The van der Waals surface area contributed by atoms with Gasteiger partial charge in [0.25, 0.3) is 11.1 Å². The van der Waals surface area contributed by atoms with Crippen LogP contribution in [-0.2, 0) is 27.4 Å². The molecule has 0 atom stereocenters. The van der Waals surface area contributed by atoms with Crippen molar-refractivity contribution in [3.05, 3.63) is 58.6 Å². The van der Waals surface area contributed by atoms with Gasteiger partial charge in [0, 0.05) is 48.9 Å². The first kappa shape index (κ1) is 20.8. The number of amides is 3. The van der Waals surface area contributed by atoms with Crippen LogP contribution in [0.1, 0.15) is 22.4 Å². The number of aromatic nitrogens is 1. The number of H-pyrrole nitrogens is 1. The molecule has 3 aliphatic heterocycles. The summed E-state index contributed by atoms with van der Waals surface area (Å²) in [4.78, 5) is 43.1. The molecule has 1 aromatic heterocycles. The molecule has 9 heteroatoms. The topological polar surface area (TPSA) is 94.7 Å². The van der Waals surface area contributed by atoms with Gasteiger partial charge in [-0.15, -0.1) is 5.73 Å². The predicted molar refractivity (Wildman–Crippen MR) is 122 cm³/mol. The van der Waals surface area contributed by atoms with E-state index < -0.39 is 0 Å². The van der Waals surface area contributed by atoms with Crippen molar-refractivity contribution < 1.29 is 19.1 Å². The van der Waals surface area contributed by atoms with E-state index >= 15 is 0 Å². The summed E-state index contributed by atoms with van der Waals surface area (Å²) in [5, 5.41) is 2.61. The highest BCUT2D eigenvalue weighted by molar-refractivity contribution is 8.14. The molecule has 2 saturated heterocycles. The van der Waals surface area contributed by atoms with Crippen LogP contribution in [0.4, 0.5) is 10.5 Å². The van der Waals surface area contributed by atoms with Crippen LogP contribution in [0, 0.1) is 0 Å². The van der Waals surface area contributed by atoms with E-state index in [1.807, 2.05) is 18.3 Å². The Hall–Kier alpha value is -3.10. The summed E-state index contributed by atoms with van der Waals surface area (Å²) in [5.74, 6) is -0.233. The first-order chi connectivity index (χ1) is 15.6. The van der Waals surface area contributed by atoms with Gasteiger partial charge in [-0.05, 0) is 29.3 Å². The van der Waals surface area contributed by atoms with Gasteiger partial charge in [-0.3, -0.25) is 24.2 Å². The zero-order valence-corrected chi connectivity index (χ0v) is 18.2. The van der Waals surface area contributed by atoms with Crippen LogP contribution in [0.25, 0.3) is 11.6 Å². The van der Waals surface area contributed by atoms with Crippen molar-refractivity contribution >= 4 is 46.2 Å². The molecular formula is C23H22N4O4S. The molecule has 0 saturated carbocycles. The summed E-state index contributed by atoms with van der Waals surface area (Å²) in [6.07, 6.45) is 3.74. The second-order valence-electron chi connectivity index (χ2n) is 7.88. The molecule has 5 rings (SSSR count). The van der Waals surface area contributed by atoms with E-state index in [1.54, 1.807) is 12.1 Å². The molecule has 3 amide bonds. The van der Waals surface area contributed by atoms with Gasteiger partial charge in [-0.25, -0.2) is 0 Å². The van der Waals surface area contributed by atoms with Crippen molar-refractivity contribution in [1.29, 1.82) is 0 Å². The number of ether oxygens (including phenoxy) is 1. The molecule has 2 fully saturated rings. The van der Waals surface area contributed by atoms with E-state index in [1.165, 1.54) is 10.5 Å². The minimum absolute atomic E-state index is 0.182. The summed E-state index contributed by atoms with van der Waals surface area (Å²) in [7, 11) is 0. The Morgan fingerprint density at radius 2 is 1.94 bits per heavy atom. The third-order valence-corrected chi connectivity index (χ3v) is 6.52. The lowest BCUT2D eigenvalue weighted by molar-refractivity contribution is -0.125. The van der Waals surface area contributed by atoms with E-state index in [0.717, 1.165) is 61.4 Å². The number of carbonyl (C=O) groups excluding carboxylic acids is 3. The minimum Gasteiger partial charge on any atom is -0.379 e. The van der Waals surface area contributed by atoms with Crippen molar-refractivity contribution in [2.45, 2.75) is 13.1 Å². The molecule has 0 aliphatic carbocycles. The quantitative estimate of drug-likeness (QED) is 0.537. The molecule has 2 aromatic rings. The summed E-state index contributed by atoms with van der Waals surface area (Å²) in [6.45, 7) is 4.42. The third-order valence-electron chi connectivity index (χ3n) is 5.66. The fourth-order valence-electron chi connectivity index (χ4n) is 3.97. The molecule has 164 valence electrons. The number of thioether (sulfide) groups is 1. The molecule has 0 bridgehead atoms. The van der Waals surface area contributed by atoms with Crippen LogP contribution in [0.5, 0.6) is 0 Å². The van der Waals surface area contributed by atoms with Gasteiger partial charge >= 0.3 is 0 Å². The largest absolute Gasteiger partial charge is 0.379 e. The van der Waals surface area contributed by atoms with Gasteiger partial charge in [-0.1, -0.05) is 17.8 Å². The van der Waals surface area contributed by atoms with E-state index in [0.29, 0.717) is 11.3 Å². The molecule has 2 N–H and O–H groups in total. The van der Waals surface area contributed by atoms with Crippen LogP contribution in [0.3, 0.4) is 0 Å². The number of morpholine rings is 1. The van der Waals surface area contributed by atoms with E-state index in [2.05, 4.69) is 27.0 Å². The van der Waals surface area contributed by atoms with Crippen molar-refractivity contribution in [3.8, 4) is 0 Å². The van der Waals surface area contributed by atoms with E-state index in [9.17, 15) is 14.4 Å². The number of hydrogen-bond acceptors (Lipinski definition) is 6. The standard InChI is InChI=1S/C23H22N4O4S/c28-21-14-32-23(30)27(21)13-15-1-4-20-19(10-15)18(22(29)25-20)3-2-17-9-16(11-24-17)12-26-5-7-31-8-6-26/h1-2,4,9-11,24H,5-8,12-14H2,(H,25,29). The first-order valence-electron chi connectivity index (χ1n) is 10.4. The number of nitrogens with one attached hydrogen (secondary N) is 2. The van der Waals surface area contributed by atoms with Gasteiger partial charge < -0.3 is 15.0 Å². The first-order valence-corrected chi connectivity index (χ1v) is 11.4. The average Bonchev–Trinajstić information content (AvgIpc) is 3.46. The lowest BCUT2D eigenvalue weighted by Crippen LogP contribution is -2.35. The Labute approximate surface area is 189 Å². The maximum Gasteiger partial charge on any atom is 0.289 e. The van der Waals surface area contributed by atoms with Gasteiger partial charge in [0.1, 0.15) is 0 Å². The fourth-order valence-corrected chi connectivity index (χ4v) is 4.70. The average molecular weight is 451 g/mol. The smallest absolute Gasteiger partial charge is 0.289 e. The molecule has 0 spiro atoms. The number of fused-ring (bicyclic) bond motifs is 1. The number of benzene rings is 1. The van der Waals surface area contributed by atoms with Gasteiger partial charge in [0.2, 0.25) is 5.91 Å². The summed E-state index contributed by atoms with van der Waals surface area (Å²) < 4.78 is 5.39. The highest BCUT2D eigenvalue weighted by Crippen LogP contribution is 2.33. The Balaban J connectivity index is 1.35. The van der Waals surface area contributed by atoms with Crippen LogP contribution in [0.2, 0.25) is 0 Å². The number of imide groups is 1. The number of anilines is 1. The summed E-state index contributed by atoms with van der Waals surface area (Å²) in [5.41, 5.74) is 7.79. The number of rotatable bonds is 5. The number of hydrogen-bond donors (Lipinski definition) is 2. The monoisotopic (exact) mass is 450 g/mol. The van der Waals surface area contributed by atoms with Crippen molar-refractivity contribution in [2.24, 2.45) is 0 Å². The molecule has 0 unspecified atom stereocenters. The van der Waals surface area contributed by atoms with E-state index in [4.69, 9.17) is 4.74 Å². The molecule has 1 aromatic carbocycles. The molecular weight excluding hydrogens is 428 g/mol. The Bertz CT molecular complexity index is 1140. The zero-order chi connectivity index (χ0) is 22.1. The number of nitrogens with zero attached hydrogens (tertiary/aromatic N) is 2. The van der Waals surface area contributed by atoms with E-state index in [-0.39, 0.29) is 29.4 Å². The summed E-state index contributed by atoms with van der Waals surface area (Å²) in [6, 6.07) is 7.50. The van der Waals surface area contributed by atoms with Gasteiger partial charge in [0.15, 0.2) is 0 Å². The second kappa shape index (κ2) is 8.80. The third kappa shape index (κ3) is 4.28. The Kier molecular flexibility index (Phi) is 5.71. The van der Waals surface area contributed by atoms with Crippen molar-refractivity contribution in [2.75, 3.05) is 37.4 Å². The highest BCUT2D eigenvalue weighted by Gasteiger charge is 2.31. The molecule has 0 radical (unpaired) electrons. The number of carbonyl (C=O) groups is 3. The minimum atomic E-state index is -0.236. The predicted octanol–water partition coefficient (Wildman–Crippen LogP) is 2.69. The molecule has 8 nitrogen and oxygen atoms in total. The second-order valence-corrected chi connectivity index (χ2v) is 8.81. The lowest BCUT2D eigenvalue weighted by atomic mass is 10.0. The summed E-state index contributed by atoms with van der Waals surface area (Å²) >= 11 is 1.01. The highest BCUT2D eigenvalue weighted by atomic mass is 32.2. The molecule has 4 heterocycles. The number of aromatic amines is 1. The van der Waals surface area contributed by atoms with Crippen molar-refractivity contribution in [1.82, 2.24) is 14.8 Å². The van der Waals surface area contributed by atoms with Gasteiger partial charge in [-0.2, -0.15) is 0 Å². The van der Waals surface area contributed by atoms with Gasteiger partial charge in [0.05, 0.1) is 31.1 Å². The fraction of sp³-hybridized carbons (Fsp3) is 0.304. The molecule has 32 heavy (non-hydrogen) atoms. The SMILES string of the molecule is O=C1Nc2ccc(CN3C(=O)CSC3=O)cc2C1=C=Cc1cc(CN2CCOCC2)c[nH]1. The maximum absolute atomic E-state index is 12.5. The van der Waals surface area contributed by atoms with Crippen LogP contribution < -0.4 is 5.32 Å². The maximum atomic E-state index is 12.5.